The molecule has 0 radical (unpaired) electrons. The first-order valence-corrected chi connectivity index (χ1v) is 6.66. The molecule has 2 aliphatic rings. The lowest BCUT2D eigenvalue weighted by Crippen LogP contribution is -2.40. The molecule has 2 saturated carbocycles. The van der Waals surface area contributed by atoms with E-state index in [1.165, 1.54) is 31.7 Å². The van der Waals surface area contributed by atoms with Gasteiger partial charge < -0.3 is 10.6 Å². The summed E-state index contributed by atoms with van der Waals surface area (Å²) in [4.78, 5) is 11.8. The van der Waals surface area contributed by atoms with Gasteiger partial charge in [-0.2, -0.15) is 0 Å². The zero-order chi connectivity index (χ0) is 13.4. The van der Waals surface area contributed by atoms with Crippen LogP contribution in [-0.4, -0.2) is 12.1 Å². The monoisotopic (exact) mass is 266 g/mol. The van der Waals surface area contributed by atoms with E-state index in [1.54, 1.807) is 0 Å². The van der Waals surface area contributed by atoms with Gasteiger partial charge in [-0.1, -0.05) is 0 Å². The Morgan fingerprint density at radius 2 is 1.74 bits per heavy atom. The average molecular weight is 266 g/mol. The number of nitrogens with one attached hydrogen (secondary N) is 2. The molecule has 2 aliphatic carbocycles. The van der Waals surface area contributed by atoms with Crippen LogP contribution in [0.3, 0.4) is 0 Å². The molecule has 3 rings (SSSR count). The third kappa shape index (κ3) is 3.03. The first-order chi connectivity index (χ1) is 9.13. The van der Waals surface area contributed by atoms with Crippen LogP contribution in [-0.2, 0) is 0 Å². The molecule has 0 bridgehead atoms. The van der Waals surface area contributed by atoms with Crippen molar-refractivity contribution >= 4 is 11.7 Å². The molecule has 0 spiro atoms. The average Bonchev–Trinajstić information content (AvgIpc) is 3.25. The molecule has 2 amide bonds. The molecule has 0 aromatic heterocycles. The van der Waals surface area contributed by atoms with E-state index in [9.17, 15) is 13.6 Å². The normalized spacial score (nSPS) is 18.5. The Bertz CT molecular complexity index is 486. The lowest BCUT2D eigenvalue weighted by atomic mass is 10.1. The summed E-state index contributed by atoms with van der Waals surface area (Å²) < 4.78 is 25.8. The zero-order valence-electron chi connectivity index (χ0n) is 10.5. The summed E-state index contributed by atoms with van der Waals surface area (Å²) in [6, 6.07) is 3.24. The van der Waals surface area contributed by atoms with E-state index >= 15 is 0 Å². The third-order valence-electron chi connectivity index (χ3n) is 3.73. The molecular weight excluding hydrogens is 250 g/mol. The second-order valence-electron chi connectivity index (χ2n) is 5.43. The van der Waals surface area contributed by atoms with Crippen LogP contribution in [0.15, 0.2) is 18.2 Å². The molecule has 0 heterocycles. The van der Waals surface area contributed by atoms with Crippen LogP contribution in [0, 0.1) is 23.5 Å². The first kappa shape index (κ1) is 12.4. The number of hydrogen-bond donors (Lipinski definition) is 2. The Hall–Kier alpha value is -1.65. The zero-order valence-corrected chi connectivity index (χ0v) is 10.5. The van der Waals surface area contributed by atoms with Gasteiger partial charge in [-0.3, -0.25) is 0 Å². The summed E-state index contributed by atoms with van der Waals surface area (Å²) >= 11 is 0. The number of amides is 2. The van der Waals surface area contributed by atoms with Gasteiger partial charge in [0.25, 0.3) is 0 Å². The number of benzene rings is 1. The van der Waals surface area contributed by atoms with Crippen molar-refractivity contribution in [3.63, 3.8) is 0 Å². The predicted octanol–water partition coefficient (Wildman–Crippen LogP) is 3.27. The van der Waals surface area contributed by atoms with Crippen molar-refractivity contribution in [2.45, 2.75) is 31.7 Å². The van der Waals surface area contributed by atoms with Crippen molar-refractivity contribution in [1.29, 1.82) is 0 Å². The maximum Gasteiger partial charge on any atom is 0.319 e. The summed E-state index contributed by atoms with van der Waals surface area (Å²) in [6.45, 7) is 0. The summed E-state index contributed by atoms with van der Waals surface area (Å²) in [5, 5.41) is 5.51. The van der Waals surface area contributed by atoms with E-state index in [-0.39, 0.29) is 17.8 Å². The largest absolute Gasteiger partial charge is 0.335 e. The minimum atomic E-state index is -0.960. The summed E-state index contributed by atoms with van der Waals surface area (Å²) in [5.41, 5.74) is 0.266. The minimum Gasteiger partial charge on any atom is -0.335 e. The Balaban J connectivity index is 1.59. The van der Waals surface area contributed by atoms with Gasteiger partial charge >= 0.3 is 6.03 Å². The number of carbonyl (C=O) groups excluding carboxylic acids is 1. The molecule has 1 aromatic rings. The molecule has 2 N–H and O–H groups in total. The van der Waals surface area contributed by atoms with Crippen molar-refractivity contribution in [2.75, 3.05) is 5.32 Å². The van der Waals surface area contributed by atoms with Crippen molar-refractivity contribution < 1.29 is 13.6 Å². The summed E-state index contributed by atoms with van der Waals surface area (Å²) in [5.74, 6) is -0.676. The lowest BCUT2D eigenvalue weighted by Gasteiger charge is -2.18. The van der Waals surface area contributed by atoms with Crippen molar-refractivity contribution in [2.24, 2.45) is 11.8 Å². The Labute approximate surface area is 110 Å². The summed E-state index contributed by atoms with van der Waals surface area (Å²) in [7, 11) is 0. The maximum absolute atomic E-state index is 13.0. The van der Waals surface area contributed by atoms with Crippen LogP contribution in [0.1, 0.15) is 25.7 Å². The molecule has 19 heavy (non-hydrogen) atoms. The van der Waals surface area contributed by atoms with E-state index < -0.39 is 11.6 Å². The second kappa shape index (κ2) is 4.79. The Morgan fingerprint density at radius 3 is 2.26 bits per heavy atom. The number of hydrogen-bond acceptors (Lipinski definition) is 1. The summed E-state index contributed by atoms with van der Waals surface area (Å²) in [6.07, 6.45) is 4.69. The molecule has 0 atom stereocenters. The van der Waals surface area contributed by atoms with E-state index in [1.807, 2.05) is 0 Å². The smallest absolute Gasteiger partial charge is 0.319 e. The van der Waals surface area contributed by atoms with Crippen LogP contribution in [0.4, 0.5) is 19.3 Å². The highest BCUT2D eigenvalue weighted by Crippen LogP contribution is 2.44. The molecule has 0 unspecified atom stereocenters. The van der Waals surface area contributed by atoms with Crippen LogP contribution in [0.5, 0.6) is 0 Å². The Morgan fingerprint density at radius 1 is 1.11 bits per heavy atom. The molecule has 0 aliphatic heterocycles. The number of anilines is 1. The molecule has 2 fully saturated rings. The maximum atomic E-state index is 13.0. The van der Waals surface area contributed by atoms with Gasteiger partial charge in [-0.25, -0.2) is 13.6 Å². The van der Waals surface area contributed by atoms with Crippen molar-refractivity contribution in [1.82, 2.24) is 5.32 Å². The van der Waals surface area contributed by atoms with Gasteiger partial charge in [0, 0.05) is 17.8 Å². The first-order valence-electron chi connectivity index (χ1n) is 6.66. The second-order valence-corrected chi connectivity index (χ2v) is 5.43. The van der Waals surface area contributed by atoms with E-state index in [2.05, 4.69) is 10.6 Å². The van der Waals surface area contributed by atoms with Gasteiger partial charge in [-0.05, 0) is 49.7 Å². The van der Waals surface area contributed by atoms with Crippen LogP contribution >= 0.6 is 0 Å². The van der Waals surface area contributed by atoms with Gasteiger partial charge in [0.15, 0.2) is 11.6 Å². The van der Waals surface area contributed by atoms with Crippen LogP contribution in [0.25, 0.3) is 0 Å². The molecule has 1 aromatic carbocycles. The molecular formula is C14H16F2N2O. The SMILES string of the molecule is O=C(Nc1ccc(F)c(F)c1)NC(C1CC1)C1CC1. The van der Waals surface area contributed by atoms with Gasteiger partial charge in [-0.15, -0.1) is 0 Å². The lowest BCUT2D eigenvalue weighted by molar-refractivity contribution is 0.245. The Kier molecular flexibility index (Phi) is 3.12. The van der Waals surface area contributed by atoms with E-state index in [0.717, 1.165) is 12.1 Å². The van der Waals surface area contributed by atoms with E-state index in [4.69, 9.17) is 0 Å². The number of halogens is 2. The van der Waals surface area contributed by atoms with Gasteiger partial charge in [0.1, 0.15) is 0 Å². The highest BCUT2D eigenvalue weighted by Gasteiger charge is 2.42. The number of urea groups is 1. The number of carbonyl (C=O) groups is 1. The third-order valence-corrected chi connectivity index (χ3v) is 3.73. The fourth-order valence-electron chi connectivity index (χ4n) is 2.42. The van der Waals surface area contributed by atoms with Gasteiger partial charge in [0.2, 0.25) is 0 Å². The molecule has 102 valence electrons. The minimum absolute atomic E-state index is 0.241. The quantitative estimate of drug-likeness (QED) is 0.862. The van der Waals surface area contributed by atoms with Crippen molar-refractivity contribution in [3.8, 4) is 0 Å². The topological polar surface area (TPSA) is 41.1 Å². The fraction of sp³-hybridized carbons (Fsp3) is 0.500. The van der Waals surface area contributed by atoms with Crippen LogP contribution < -0.4 is 10.6 Å². The number of rotatable bonds is 4. The van der Waals surface area contributed by atoms with Crippen molar-refractivity contribution in [3.05, 3.63) is 29.8 Å². The molecule has 3 nitrogen and oxygen atoms in total. The molecule has 5 heteroatoms. The van der Waals surface area contributed by atoms with Gasteiger partial charge in [0.05, 0.1) is 0 Å². The fourth-order valence-corrected chi connectivity index (χ4v) is 2.42. The highest BCUT2D eigenvalue weighted by molar-refractivity contribution is 5.89. The van der Waals surface area contributed by atoms with Crippen LogP contribution in [0.2, 0.25) is 0 Å². The predicted molar refractivity (Wildman–Crippen MR) is 67.7 cm³/mol. The van der Waals surface area contributed by atoms with E-state index in [0.29, 0.717) is 11.8 Å². The standard InChI is InChI=1S/C14H16F2N2O/c15-11-6-5-10(7-12(11)16)17-14(19)18-13(8-1-2-8)9-3-4-9/h5-9,13H,1-4H2,(H2,17,18,19). The molecule has 0 saturated heterocycles. The highest BCUT2D eigenvalue weighted by atomic mass is 19.2.